The summed E-state index contributed by atoms with van der Waals surface area (Å²) in [5.74, 6) is -11.5. The Hall–Kier alpha value is -2.81. The molecule has 0 aliphatic heterocycles. The van der Waals surface area contributed by atoms with Crippen molar-refractivity contribution in [2.45, 2.75) is 12.0 Å². The van der Waals surface area contributed by atoms with E-state index in [4.69, 9.17) is 15.3 Å². The Morgan fingerprint density at radius 1 is 1.09 bits per heavy atom. The Morgan fingerprint density at radius 3 is 2.05 bits per heavy atom. The molecule has 0 heterocycles. The van der Waals surface area contributed by atoms with Crippen molar-refractivity contribution in [2.24, 2.45) is 5.92 Å². The fourth-order valence-electron chi connectivity index (χ4n) is 1.88. The summed E-state index contributed by atoms with van der Waals surface area (Å²) in [6, 6.07) is 4.15. The van der Waals surface area contributed by atoms with Crippen molar-refractivity contribution in [1.82, 2.24) is 0 Å². The molecule has 1 rings (SSSR count). The highest BCUT2D eigenvalue weighted by Gasteiger charge is 2.54. The van der Waals surface area contributed by atoms with Crippen LogP contribution in [0.4, 0.5) is 4.39 Å². The first-order valence-corrected chi connectivity index (χ1v) is 5.80. The van der Waals surface area contributed by atoms with Gasteiger partial charge in [-0.3, -0.25) is 14.4 Å². The first-order valence-electron chi connectivity index (χ1n) is 5.80. The van der Waals surface area contributed by atoms with Crippen LogP contribution in [0, 0.1) is 11.7 Å². The van der Waals surface area contributed by atoms with Gasteiger partial charge in [0.2, 0.25) is 0 Å². The van der Waals surface area contributed by atoms with Crippen LogP contribution in [0.25, 0.3) is 0 Å². The van der Waals surface area contributed by atoms with Crippen LogP contribution in [-0.2, 0) is 14.4 Å². The lowest BCUT2D eigenvalue weighted by molar-refractivity contribution is -0.175. The second kappa shape index (κ2) is 6.31. The van der Waals surface area contributed by atoms with Crippen LogP contribution >= 0.6 is 0 Å². The van der Waals surface area contributed by atoms with Crippen LogP contribution in [0.3, 0.4) is 0 Å². The monoisotopic (exact) mass is 314 g/mol. The molecule has 8 nitrogen and oxygen atoms in total. The molecule has 0 spiro atoms. The van der Waals surface area contributed by atoms with Gasteiger partial charge in [-0.05, 0) is 12.1 Å². The van der Waals surface area contributed by atoms with Crippen LogP contribution in [0.1, 0.15) is 16.8 Å². The van der Waals surface area contributed by atoms with Crippen molar-refractivity contribution >= 4 is 23.7 Å². The van der Waals surface area contributed by atoms with E-state index in [0.717, 1.165) is 12.1 Å². The number of carboxylic acids is 3. The summed E-state index contributed by atoms with van der Waals surface area (Å²) in [7, 11) is 0. The molecule has 9 heteroatoms. The van der Waals surface area contributed by atoms with E-state index in [-0.39, 0.29) is 0 Å². The Bertz CT molecular complexity index is 641. The number of benzene rings is 1. The van der Waals surface area contributed by atoms with Crippen molar-refractivity contribution < 1.29 is 44.0 Å². The maximum absolute atomic E-state index is 13.6. The molecule has 0 saturated carbocycles. The molecule has 0 bridgehead atoms. The summed E-state index contributed by atoms with van der Waals surface area (Å²) in [6.45, 7) is 0. The molecule has 1 aromatic carbocycles. The fraction of sp³-hybridized carbons (Fsp3) is 0.231. The van der Waals surface area contributed by atoms with Crippen LogP contribution in [0.15, 0.2) is 24.3 Å². The molecular weight excluding hydrogens is 303 g/mol. The number of carbonyl (C=O) groups excluding carboxylic acids is 1. The Labute approximate surface area is 122 Å². The fourth-order valence-corrected chi connectivity index (χ4v) is 1.88. The van der Waals surface area contributed by atoms with Gasteiger partial charge in [0, 0.05) is 0 Å². The normalized spacial score (nSPS) is 14.6. The van der Waals surface area contributed by atoms with E-state index in [9.17, 15) is 28.7 Å². The number of aliphatic carboxylic acids is 3. The quantitative estimate of drug-likeness (QED) is 0.406. The molecule has 0 aliphatic rings. The highest BCUT2D eigenvalue weighted by Crippen LogP contribution is 2.27. The van der Waals surface area contributed by atoms with E-state index in [2.05, 4.69) is 0 Å². The van der Waals surface area contributed by atoms with Gasteiger partial charge < -0.3 is 20.4 Å². The Morgan fingerprint density at radius 2 is 1.64 bits per heavy atom. The van der Waals surface area contributed by atoms with Gasteiger partial charge in [0.15, 0.2) is 17.3 Å². The van der Waals surface area contributed by atoms with Gasteiger partial charge in [0.1, 0.15) is 5.82 Å². The molecule has 22 heavy (non-hydrogen) atoms. The van der Waals surface area contributed by atoms with Gasteiger partial charge in [-0.25, -0.2) is 9.18 Å². The molecule has 0 fully saturated rings. The summed E-state index contributed by atoms with van der Waals surface area (Å²) in [4.78, 5) is 45.1. The minimum Gasteiger partial charge on any atom is -0.481 e. The second-order valence-electron chi connectivity index (χ2n) is 4.42. The Kier molecular flexibility index (Phi) is 4.94. The van der Waals surface area contributed by atoms with Gasteiger partial charge in [0.05, 0.1) is 12.0 Å². The van der Waals surface area contributed by atoms with Crippen molar-refractivity contribution in [3.63, 3.8) is 0 Å². The van der Waals surface area contributed by atoms with Gasteiger partial charge in [-0.2, -0.15) is 0 Å². The van der Waals surface area contributed by atoms with E-state index in [1.807, 2.05) is 0 Å². The van der Waals surface area contributed by atoms with Crippen LogP contribution < -0.4 is 0 Å². The lowest BCUT2D eigenvalue weighted by Gasteiger charge is -2.27. The number of rotatable bonds is 7. The molecule has 0 aromatic heterocycles. The molecule has 0 saturated heterocycles. The van der Waals surface area contributed by atoms with E-state index >= 15 is 0 Å². The molecule has 1 aromatic rings. The standard InChI is InChI=1S/C13H11FO8/c14-7-4-2-1-3-6(7)10(17)9(11(18)19)13(22,12(20)21)5-8(15)16/h1-4,9,22H,5H2,(H,15,16)(H,18,19)(H,20,21). The molecule has 0 amide bonds. The number of carbonyl (C=O) groups is 4. The third-order valence-corrected chi connectivity index (χ3v) is 2.92. The van der Waals surface area contributed by atoms with Gasteiger partial charge >= 0.3 is 17.9 Å². The maximum Gasteiger partial charge on any atom is 0.337 e. The average Bonchev–Trinajstić information content (AvgIpc) is 2.37. The smallest absolute Gasteiger partial charge is 0.337 e. The molecule has 4 N–H and O–H groups in total. The largest absolute Gasteiger partial charge is 0.481 e. The van der Waals surface area contributed by atoms with Gasteiger partial charge in [-0.1, -0.05) is 12.1 Å². The minimum absolute atomic E-state index is 0.764. The number of hydrogen-bond donors (Lipinski definition) is 4. The van der Waals surface area contributed by atoms with E-state index in [0.29, 0.717) is 0 Å². The van der Waals surface area contributed by atoms with E-state index in [1.54, 1.807) is 0 Å². The lowest BCUT2D eigenvalue weighted by Crippen LogP contribution is -2.54. The first-order chi connectivity index (χ1) is 10.1. The predicted octanol–water partition coefficient (Wildman–Crippen LogP) is -0.000400. The maximum atomic E-state index is 13.6. The first kappa shape index (κ1) is 17.2. The summed E-state index contributed by atoms with van der Waals surface area (Å²) in [5.41, 5.74) is -4.18. The van der Waals surface area contributed by atoms with Crippen molar-refractivity contribution in [3.05, 3.63) is 35.6 Å². The van der Waals surface area contributed by atoms with Gasteiger partial charge in [-0.15, -0.1) is 0 Å². The zero-order chi connectivity index (χ0) is 17.1. The molecule has 2 atom stereocenters. The second-order valence-corrected chi connectivity index (χ2v) is 4.42. The van der Waals surface area contributed by atoms with Crippen LogP contribution in [0.5, 0.6) is 0 Å². The number of halogens is 1. The van der Waals surface area contributed by atoms with Crippen molar-refractivity contribution in [3.8, 4) is 0 Å². The summed E-state index contributed by atoms with van der Waals surface area (Å²) < 4.78 is 13.6. The van der Waals surface area contributed by atoms with Crippen LogP contribution in [-0.4, -0.2) is 49.7 Å². The molecule has 2 unspecified atom stereocenters. The zero-order valence-electron chi connectivity index (χ0n) is 10.9. The van der Waals surface area contributed by atoms with Crippen molar-refractivity contribution in [1.29, 1.82) is 0 Å². The number of hydrogen-bond acceptors (Lipinski definition) is 5. The number of ketones is 1. The zero-order valence-corrected chi connectivity index (χ0v) is 10.9. The number of aliphatic hydroxyl groups is 1. The average molecular weight is 314 g/mol. The third kappa shape index (κ3) is 3.26. The molecular formula is C13H11FO8. The number of Topliss-reactive ketones (excluding diaryl/α,β-unsaturated/α-hetero) is 1. The minimum atomic E-state index is -3.42. The van der Waals surface area contributed by atoms with E-state index in [1.165, 1.54) is 12.1 Å². The number of carboxylic acid groups (broad SMARTS) is 3. The van der Waals surface area contributed by atoms with Gasteiger partial charge in [0.25, 0.3) is 0 Å². The highest BCUT2D eigenvalue weighted by molar-refractivity contribution is 6.12. The topological polar surface area (TPSA) is 149 Å². The third-order valence-electron chi connectivity index (χ3n) is 2.92. The summed E-state index contributed by atoms with van der Waals surface area (Å²) >= 11 is 0. The molecule has 118 valence electrons. The van der Waals surface area contributed by atoms with Crippen LogP contribution in [0.2, 0.25) is 0 Å². The summed E-state index contributed by atoms with van der Waals surface area (Å²) in [6.07, 6.45) is -1.54. The lowest BCUT2D eigenvalue weighted by atomic mass is 9.79. The summed E-state index contributed by atoms with van der Waals surface area (Å²) in [5, 5.41) is 36.5. The Balaban J connectivity index is 3.42. The SMILES string of the molecule is O=C(O)CC(O)(C(=O)O)C(C(=O)O)C(=O)c1ccccc1F. The molecule has 0 radical (unpaired) electrons. The predicted molar refractivity (Wildman–Crippen MR) is 66.7 cm³/mol. The van der Waals surface area contributed by atoms with Crippen molar-refractivity contribution in [2.75, 3.05) is 0 Å². The van der Waals surface area contributed by atoms with E-state index < -0.39 is 53.0 Å². The molecule has 0 aliphatic carbocycles. The highest BCUT2D eigenvalue weighted by atomic mass is 19.1.